The summed E-state index contributed by atoms with van der Waals surface area (Å²) < 4.78 is 158. The molecule has 0 amide bonds. The maximum atomic E-state index is 12.3. The Morgan fingerprint density at radius 3 is 1.21 bits per heavy atom. The molecule has 0 aromatic carbocycles. The molecule has 1 N–H and O–H groups in total. The van der Waals surface area contributed by atoms with Crippen LogP contribution in [0.5, 0.6) is 0 Å². The number of rotatable bonds is 4. The van der Waals surface area contributed by atoms with Crippen molar-refractivity contribution in [3.8, 4) is 0 Å². The molecule has 0 fully saturated rings. The lowest BCUT2D eigenvalue weighted by Gasteiger charge is -2.48. The average Bonchev–Trinajstić information content (AvgIpc) is 1.95. The lowest BCUT2D eigenvalue weighted by molar-refractivity contribution is -0.255. The van der Waals surface area contributed by atoms with Crippen LogP contribution < -0.4 is 0 Å². The van der Waals surface area contributed by atoms with Crippen LogP contribution in [0.1, 0.15) is 0 Å². The summed E-state index contributed by atoms with van der Waals surface area (Å²) in [6.07, 6.45) is 0. The molecule has 3 nitrogen and oxygen atoms in total. The second-order valence-corrected chi connectivity index (χ2v) is 6.97. The van der Waals surface area contributed by atoms with Crippen molar-refractivity contribution in [3.63, 3.8) is 0 Å². The SMILES string of the molecule is O=S(=O)(O)C(F)(F)C(F)(F)C(F)(F)S(F)(F)(F)(F)F. The van der Waals surface area contributed by atoms with Crippen LogP contribution in [0.3, 0.4) is 0 Å². The Morgan fingerprint density at radius 2 is 1.05 bits per heavy atom. The molecule has 0 unspecified atom stereocenters. The van der Waals surface area contributed by atoms with Crippen molar-refractivity contribution in [1.82, 2.24) is 0 Å². The first-order chi connectivity index (χ1) is 7.50. The molecule has 0 aliphatic carbocycles. The highest BCUT2D eigenvalue weighted by molar-refractivity contribution is 8.46. The Kier molecular flexibility index (Phi) is 3.12. The van der Waals surface area contributed by atoms with Gasteiger partial charge in [0.1, 0.15) is 0 Å². The highest BCUT2D eigenvalue weighted by Crippen LogP contribution is 3.06. The van der Waals surface area contributed by atoms with E-state index in [9.17, 15) is 54.2 Å². The zero-order valence-electron chi connectivity index (χ0n) is 7.74. The molecule has 19 heavy (non-hydrogen) atoms. The molecular weight excluding hydrogens is 357 g/mol. The zero-order valence-corrected chi connectivity index (χ0v) is 9.37. The lowest BCUT2D eigenvalue weighted by atomic mass is 10.3. The van der Waals surface area contributed by atoms with Crippen molar-refractivity contribution in [1.29, 1.82) is 0 Å². The van der Waals surface area contributed by atoms with Gasteiger partial charge in [0.25, 0.3) is 0 Å². The van der Waals surface area contributed by atoms with Crippen molar-refractivity contribution in [3.05, 3.63) is 0 Å². The molecule has 0 aromatic rings. The molecule has 0 spiro atoms. The van der Waals surface area contributed by atoms with Crippen LogP contribution in [0, 0.1) is 0 Å². The summed E-state index contributed by atoms with van der Waals surface area (Å²) in [5.74, 6) is -8.14. The summed E-state index contributed by atoms with van der Waals surface area (Å²) in [5, 5.41) is -16.2. The quantitative estimate of drug-likeness (QED) is 0.611. The van der Waals surface area contributed by atoms with Gasteiger partial charge in [-0.25, -0.2) is 0 Å². The van der Waals surface area contributed by atoms with Gasteiger partial charge in [0.2, 0.25) is 0 Å². The molecule has 16 heteroatoms. The fourth-order valence-corrected chi connectivity index (χ4v) is 1.70. The molecule has 0 saturated heterocycles. The van der Waals surface area contributed by atoms with Crippen LogP contribution in [0.25, 0.3) is 0 Å². The monoisotopic (exact) mass is 358 g/mol. The van der Waals surface area contributed by atoms with E-state index >= 15 is 0 Å². The van der Waals surface area contributed by atoms with E-state index in [0.29, 0.717) is 0 Å². The lowest BCUT2D eigenvalue weighted by Crippen LogP contribution is -2.61. The van der Waals surface area contributed by atoms with Gasteiger partial charge in [-0.3, -0.25) is 4.55 Å². The van der Waals surface area contributed by atoms with Crippen molar-refractivity contribution in [2.24, 2.45) is 0 Å². The molecule has 0 atom stereocenters. The summed E-state index contributed by atoms with van der Waals surface area (Å²) in [6, 6.07) is 0. The van der Waals surface area contributed by atoms with Crippen LogP contribution in [0.15, 0.2) is 0 Å². The first-order valence-corrected chi connectivity index (χ1v) is 6.72. The topological polar surface area (TPSA) is 54.4 Å². The first kappa shape index (κ1) is 18.5. The van der Waals surface area contributed by atoms with E-state index in [1.807, 2.05) is 0 Å². The Hall–Kier alpha value is -0.510. The van der Waals surface area contributed by atoms with E-state index in [-0.39, 0.29) is 0 Å². The maximum absolute atomic E-state index is 12.6. The van der Waals surface area contributed by atoms with Gasteiger partial charge in [0, 0.05) is 0 Å². The Balaban J connectivity index is 6.43. The summed E-state index contributed by atoms with van der Waals surface area (Å²) in [6.45, 7) is 0. The Labute approximate surface area is 96.4 Å². The molecule has 0 radical (unpaired) electrons. The summed E-state index contributed by atoms with van der Waals surface area (Å²) in [7, 11) is -20.1. The molecule has 0 bridgehead atoms. The van der Waals surface area contributed by atoms with E-state index < -0.39 is 36.8 Å². The molecule has 0 rings (SSSR count). The summed E-state index contributed by atoms with van der Waals surface area (Å²) in [5.41, 5.74) is 0. The van der Waals surface area contributed by atoms with Gasteiger partial charge in [-0.2, -0.15) is 34.8 Å². The van der Waals surface area contributed by atoms with Gasteiger partial charge in [-0.1, -0.05) is 19.4 Å². The minimum Gasteiger partial charge on any atom is -0.281 e. The number of halogens is 11. The predicted molar refractivity (Wildman–Crippen MR) is 39.5 cm³/mol. The Bertz CT molecular complexity index is 484. The molecule has 0 aliphatic heterocycles. The van der Waals surface area contributed by atoms with Crippen LogP contribution >= 0.6 is 10.2 Å². The van der Waals surface area contributed by atoms with Crippen molar-refractivity contribution in [2.75, 3.05) is 0 Å². The van der Waals surface area contributed by atoms with E-state index in [4.69, 9.17) is 4.55 Å². The maximum Gasteiger partial charge on any atom is 0.451 e. The largest absolute Gasteiger partial charge is 0.451 e. The first-order valence-electron chi connectivity index (χ1n) is 3.33. The standard InChI is InChI=1S/C3HF11O3S2/c4-1(5,2(6,7)18(15,16)17)3(8,9)19(10,11,12,13)14/h(H,15,16,17). The zero-order chi connectivity index (χ0) is 16.4. The van der Waals surface area contributed by atoms with Gasteiger partial charge in [-0.05, 0) is 0 Å². The van der Waals surface area contributed by atoms with Gasteiger partial charge >= 0.3 is 36.8 Å². The van der Waals surface area contributed by atoms with Crippen LogP contribution in [-0.4, -0.2) is 29.4 Å². The number of hydrogen-bond donors (Lipinski definition) is 1. The molecule has 120 valence electrons. The molecule has 0 saturated carbocycles. The minimum atomic E-state index is -12.6. The fraction of sp³-hybridized carbons (Fsp3) is 1.00. The molecule has 0 heterocycles. The highest BCUT2D eigenvalue weighted by atomic mass is 32.5. The van der Waals surface area contributed by atoms with Crippen LogP contribution in [0.4, 0.5) is 45.8 Å². The second kappa shape index (κ2) is 3.21. The predicted octanol–water partition coefficient (Wildman–Crippen LogP) is 3.99. The van der Waals surface area contributed by atoms with Crippen LogP contribution in [-0.2, 0) is 10.1 Å². The third-order valence-corrected chi connectivity index (χ3v) is 3.67. The third-order valence-electron chi connectivity index (χ3n) is 1.54. The van der Waals surface area contributed by atoms with Gasteiger partial charge in [0.15, 0.2) is 0 Å². The van der Waals surface area contributed by atoms with E-state index in [1.165, 1.54) is 0 Å². The van der Waals surface area contributed by atoms with Crippen LogP contribution in [0.2, 0.25) is 0 Å². The second-order valence-electron chi connectivity index (χ2n) is 3.05. The minimum absolute atomic E-state index is 7.49. The van der Waals surface area contributed by atoms with Gasteiger partial charge in [0.05, 0.1) is 0 Å². The van der Waals surface area contributed by atoms with E-state index in [1.54, 1.807) is 0 Å². The summed E-state index contributed by atoms with van der Waals surface area (Å²) >= 11 is 0. The average molecular weight is 358 g/mol. The fourth-order valence-electron chi connectivity index (χ4n) is 0.574. The molecule has 0 aliphatic rings. The smallest absolute Gasteiger partial charge is 0.281 e. The Morgan fingerprint density at radius 1 is 0.789 bits per heavy atom. The van der Waals surface area contributed by atoms with Crippen molar-refractivity contribution < 1.29 is 58.7 Å². The third kappa shape index (κ3) is 2.44. The number of hydrogen-bond acceptors (Lipinski definition) is 2. The highest BCUT2D eigenvalue weighted by Gasteiger charge is 2.97. The number of alkyl halides is 6. The van der Waals surface area contributed by atoms with Gasteiger partial charge in [-0.15, -0.1) is 0 Å². The molecular formula is C3HF11O3S2. The van der Waals surface area contributed by atoms with Crippen molar-refractivity contribution >= 4 is 20.3 Å². The van der Waals surface area contributed by atoms with Gasteiger partial charge < -0.3 is 0 Å². The van der Waals surface area contributed by atoms with Crippen molar-refractivity contribution in [2.45, 2.75) is 16.4 Å². The normalized spacial score (nSPS) is 19.8. The van der Waals surface area contributed by atoms with E-state index in [2.05, 4.69) is 0 Å². The molecule has 0 aromatic heterocycles. The summed E-state index contributed by atoms with van der Waals surface area (Å²) in [4.78, 5) is 0. The van der Waals surface area contributed by atoms with E-state index in [0.717, 1.165) is 0 Å².